The maximum atomic E-state index is 6.03. The van der Waals surface area contributed by atoms with E-state index in [1.807, 2.05) is 25.3 Å². The van der Waals surface area contributed by atoms with Crippen LogP contribution in [0.25, 0.3) is 0 Å². The predicted octanol–water partition coefficient (Wildman–Crippen LogP) is 3.62. The van der Waals surface area contributed by atoms with Crippen LogP contribution in [0.2, 0.25) is 5.02 Å². The Bertz CT molecular complexity index is 580. The van der Waals surface area contributed by atoms with E-state index in [0.29, 0.717) is 6.04 Å². The highest BCUT2D eigenvalue weighted by Crippen LogP contribution is 2.27. The second-order valence-electron chi connectivity index (χ2n) is 4.80. The first-order valence-electron chi connectivity index (χ1n) is 6.18. The van der Waals surface area contributed by atoms with Gasteiger partial charge in [-0.05, 0) is 55.2 Å². The molecule has 0 radical (unpaired) electrons. The molecule has 18 heavy (non-hydrogen) atoms. The van der Waals surface area contributed by atoms with Crippen LogP contribution < -0.4 is 5.32 Å². The number of benzene rings is 1. The van der Waals surface area contributed by atoms with E-state index in [1.54, 1.807) is 0 Å². The third-order valence-electron chi connectivity index (χ3n) is 3.47. The zero-order valence-electron chi connectivity index (χ0n) is 10.3. The van der Waals surface area contributed by atoms with Gasteiger partial charge in [-0.1, -0.05) is 17.7 Å². The van der Waals surface area contributed by atoms with Gasteiger partial charge in [-0.15, -0.1) is 0 Å². The molecule has 1 aromatic carbocycles. The smallest absolute Gasteiger partial charge is 0.0603 e. The van der Waals surface area contributed by atoms with Crippen LogP contribution in [-0.4, -0.2) is 11.0 Å². The van der Waals surface area contributed by atoms with Crippen molar-refractivity contribution in [1.82, 2.24) is 4.98 Å². The number of rotatable bonds is 2. The molecular formula is C15H15ClN2. The normalized spacial score (nSPS) is 17.6. The van der Waals surface area contributed by atoms with E-state index in [9.17, 15) is 0 Å². The molecule has 1 aliphatic rings. The Balaban J connectivity index is 1.77. The fourth-order valence-corrected chi connectivity index (χ4v) is 2.74. The van der Waals surface area contributed by atoms with Gasteiger partial charge in [0, 0.05) is 17.3 Å². The Morgan fingerprint density at radius 3 is 2.89 bits per heavy atom. The van der Waals surface area contributed by atoms with Crippen LogP contribution in [0.15, 0.2) is 36.5 Å². The fourth-order valence-electron chi connectivity index (χ4n) is 2.55. The third kappa shape index (κ3) is 2.21. The van der Waals surface area contributed by atoms with E-state index < -0.39 is 0 Å². The molecule has 1 unspecified atom stereocenters. The largest absolute Gasteiger partial charge is 0.380 e. The highest BCUT2D eigenvalue weighted by Gasteiger charge is 2.21. The zero-order chi connectivity index (χ0) is 12.5. The molecule has 2 aromatic rings. The number of fused-ring (bicyclic) bond motifs is 1. The van der Waals surface area contributed by atoms with Gasteiger partial charge in [-0.3, -0.25) is 4.98 Å². The Labute approximate surface area is 112 Å². The lowest BCUT2D eigenvalue weighted by molar-refractivity contribution is 0.772. The Morgan fingerprint density at radius 2 is 2.06 bits per heavy atom. The average Bonchev–Trinajstić information content (AvgIpc) is 2.73. The summed E-state index contributed by atoms with van der Waals surface area (Å²) in [5, 5.41) is 4.40. The summed E-state index contributed by atoms with van der Waals surface area (Å²) < 4.78 is 0. The average molecular weight is 259 g/mol. The Hall–Kier alpha value is -1.54. The molecular weight excluding hydrogens is 244 g/mol. The first kappa shape index (κ1) is 11.5. The molecule has 0 spiro atoms. The van der Waals surface area contributed by atoms with Crippen LogP contribution >= 0.6 is 11.6 Å². The SMILES string of the molecule is Cc1ncccc1NC1Cc2ccc(Cl)cc2C1. The molecule has 2 nitrogen and oxygen atoms in total. The number of aryl methyl sites for hydroxylation is 1. The summed E-state index contributed by atoms with van der Waals surface area (Å²) in [4.78, 5) is 4.30. The molecule has 0 saturated carbocycles. The molecule has 0 aliphatic heterocycles. The minimum absolute atomic E-state index is 0.446. The molecule has 3 heteroatoms. The molecule has 1 atom stereocenters. The standard InChI is InChI=1S/C15H15ClN2/c1-10-15(3-2-6-17-10)18-14-8-11-4-5-13(16)7-12(11)9-14/h2-7,14,18H,8-9H2,1H3. The molecule has 1 aliphatic carbocycles. The number of halogens is 1. The number of pyridine rings is 1. The zero-order valence-corrected chi connectivity index (χ0v) is 11.0. The molecule has 1 N–H and O–H groups in total. The van der Waals surface area contributed by atoms with Gasteiger partial charge < -0.3 is 5.32 Å². The van der Waals surface area contributed by atoms with Crippen molar-refractivity contribution in [3.05, 3.63) is 58.4 Å². The highest BCUT2D eigenvalue weighted by molar-refractivity contribution is 6.30. The van der Waals surface area contributed by atoms with E-state index in [2.05, 4.69) is 28.5 Å². The monoisotopic (exact) mass is 258 g/mol. The summed E-state index contributed by atoms with van der Waals surface area (Å²) in [7, 11) is 0. The summed E-state index contributed by atoms with van der Waals surface area (Å²) in [6.45, 7) is 2.03. The summed E-state index contributed by atoms with van der Waals surface area (Å²) in [5.74, 6) is 0. The first-order chi connectivity index (χ1) is 8.72. The van der Waals surface area contributed by atoms with Crippen molar-refractivity contribution < 1.29 is 0 Å². The molecule has 1 heterocycles. The first-order valence-corrected chi connectivity index (χ1v) is 6.55. The van der Waals surface area contributed by atoms with Crippen molar-refractivity contribution in [2.45, 2.75) is 25.8 Å². The van der Waals surface area contributed by atoms with Crippen molar-refractivity contribution >= 4 is 17.3 Å². The van der Waals surface area contributed by atoms with Crippen LogP contribution in [0.3, 0.4) is 0 Å². The summed E-state index contributed by atoms with van der Waals surface area (Å²) >= 11 is 6.03. The minimum Gasteiger partial charge on any atom is -0.380 e. The van der Waals surface area contributed by atoms with Gasteiger partial charge in [0.1, 0.15) is 0 Å². The van der Waals surface area contributed by atoms with Gasteiger partial charge >= 0.3 is 0 Å². The van der Waals surface area contributed by atoms with Crippen molar-refractivity contribution in [3.8, 4) is 0 Å². The van der Waals surface area contributed by atoms with Gasteiger partial charge in [0.15, 0.2) is 0 Å². The predicted molar refractivity (Wildman–Crippen MR) is 75.2 cm³/mol. The molecule has 0 saturated heterocycles. The molecule has 0 fully saturated rings. The summed E-state index contributed by atoms with van der Waals surface area (Å²) in [5.41, 5.74) is 4.94. The molecule has 0 amide bonds. The number of hydrogen-bond acceptors (Lipinski definition) is 2. The lowest BCUT2D eigenvalue weighted by Gasteiger charge is -2.14. The maximum Gasteiger partial charge on any atom is 0.0603 e. The number of aromatic nitrogens is 1. The van der Waals surface area contributed by atoms with Gasteiger partial charge in [-0.25, -0.2) is 0 Å². The molecule has 0 bridgehead atoms. The minimum atomic E-state index is 0.446. The number of nitrogens with one attached hydrogen (secondary N) is 1. The van der Waals surface area contributed by atoms with Crippen molar-refractivity contribution in [3.63, 3.8) is 0 Å². The lowest BCUT2D eigenvalue weighted by Crippen LogP contribution is -2.20. The summed E-state index contributed by atoms with van der Waals surface area (Å²) in [6.07, 6.45) is 3.91. The second kappa shape index (κ2) is 4.62. The van der Waals surface area contributed by atoms with E-state index in [0.717, 1.165) is 29.2 Å². The van der Waals surface area contributed by atoms with Crippen LogP contribution in [0.5, 0.6) is 0 Å². The lowest BCUT2D eigenvalue weighted by atomic mass is 10.1. The van der Waals surface area contributed by atoms with Gasteiger partial charge in [-0.2, -0.15) is 0 Å². The summed E-state index contributed by atoms with van der Waals surface area (Å²) in [6, 6.07) is 10.7. The van der Waals surface area contributed by atoms with Gasteiger partial charge in [0.05, 0.1) is 11.4 Å². The number of nitrogens with zero attached hydrogens (tertiary/aromatic N) is 1. The van der Waals surface area contributed by atoms with Crippen LogP contribution in [0.1, 0.15) is 16.8 Å². The van der Waals surface area contributed by atoms with Crippen LogP contribution in [0.4, 0.5) is 5.69 Å². The highest BCUT2D eigenvalue weighted by atomic mass is 35.5. The van der Waals surface area contributed by atoms with Crippen LogP contribution in [-0.2, 0) is 12.8 Å². The molecule has 92 valence electrons. The molecule has 3 rings (SSSR count). The fraction of sp³-hybridized carbons (Fsp3) is 0.267. The number of anilines is 1. The third-order valence-corrected chi connectivity index (χ3v) is 3.70. The van der Waals surface area contributed by atoms with Crippen LogP contribution in [0, 0.1) is 6.92 Å². The second-order valence-corrected chi connectivity index (χ2v) is 5.24. The van der Waals surface area contributed by atoms with Gasteiger partial charge in [0.25, 0.3) is 0 Å². The van der Waals surface area contributed by atoms with Gasteiger partial charge in [0.2, 0.25) is 0 Å². The molecule has 1 aromatic heterocycles. The van der Waals surface area contributed by atoms with E-state index in [4.69, 9.17) is 11.6 Å². The van der Waals surface area contributed by atoms with E-state index in [1.165, 1.54) is 11.1 Å². The quantitative estimate of drug-likeness (QED) is 0.890. The topological polar surface area (TPSA) is 24.9 Å². The maximum absolute atomic E-state index is 6.03. The Kier molecular flexibility index (Phi) is 2.96. The van der Waals surface area contributed by atoms with E-state index >= 15 is 0 Å². The Morgan fingerprint density at radius 1 is 1.22 bits per heavy atom. The number of hydrogen-bond donors (Lipinski definition) is 1. The van der Waals surface area contributed by atoms with E-state index in [-0.39, 0.29) is 0 Å². The van der Waals surface area contributed by atoms with Crippen molar-refractivity contribution in [2.24, 2.45) is 0 Å². The van der Waals surface area contributed by atoms with Crippen molar-refractivity contribution in [2.75, 3.05) is 5.32 Å². The van der Waals surface area contributed by atoms with Crippen molar-refractivity contribution in [1.29, 1.82) is 0 Å².